The summed E-state index contributed by atoms with van der Waals surface area (Å²) in [6.07, 6.45) is -4.56. The topological polar surface area (TPSA) is 48.9 Å². The second-order valence-electron chi connectivity index (χ2n) is 3.09. The average Bonchev–Trinajstić information content (AvgIpc) is 2.58. The third-order valence-corrected chi connectivity index (χ3v) is 2.09. The fraction of sp³-hybridized carbons (Fsp3) is 0.222. The zero-order valence-corrected chi connectivity index (χ0v) is 7.42. The second kappa shape index (κ2) is 3.23. The molecule has 80 valence electrons. The first-order chi connectivity index (χ1) is 7.00. The minimum absolute atomic E-state index is 0.203. The first kappa shape index (κ1) is 9.97. The summed E-state index contributed by atoms with van der Waals surface area (Å²) < 4.78 is 36.8. The smallest absolute Gasteiger partial charge is 0.379 e. The standard InChI is InChI=1S/C9H7F3N2O/c10-9(11,12)7(15)6-4-14-8-5(6)2-1-3-13-8/h1-4,7,15H,(H,13,14)/t7-/m1/s1. The van der Waals surface area contributed by atoms with E-state index < -0.39 is 12.3 Å². The maximum absolute atomic E-state index is 12.3. The molecule has 2 rings (SSSR count). The number of rotatable bonds is 1. The summed E-state index contributed by atoms with van der Waals surface area (Å²) in [5, 5.41) is 9.35. The number of H-pyrrole nitrogens is 1. The highest BCUT2D eigenvalue weighted by molar-refractivity contribution is 5.79. The van der Waals surface area contributed by atoms with Gasteiger partial charge in [-0.25, -0.2) is 4.98 Å². The molecule has 0 aliphatic carbocycles. The predicted octanol–water partition coefficient (Wildman–Crippen LogP) is 2.16. The third kappa shape index (κ3) is 1.68. The normalized spacial score (nSPS) is 14.4. The van der Waals surface area contributed by atoms with E-state index in [1.807, 2.05) is 0 Å². The number of aliphatic hydroxyl groups excluding tert-OH is 1. The highest BCUT2D eigenvalue weighted by Crippen LogP contribution is 2.35. The van der Waals surface area contributed by atoms with Gasteiger partial charge in [0.05, 0.1) is 0 Å². The highest BCUT2D eigenvalue weighted by Gasteiger charge is 2.40. The summed E-state index contributed by atoms with van der Waals surface area (Å²) in [5.41, 5.74) is 0.126. The highest BCUT2D eigenvalue weighted by atomic mass is 19.4. The van der Waals surface area contributed by atoms with E-state index in [0.29, 0.717) is 5.65 Å². The molecule has 3 nitrogen and oxygen atoms in total. The van der Waals surface area contributed by atoms with Crippen LogP contribution in [0.25, 0.3) is 11.0 Å². The largest absolute Gasteiger partial charge is 0.418 e. The number of pyridine rings is 1. The van der Waals surface area contributed by atoms with Crippen molar-refractivity contribution in [1.82, 2.24) is 9.97 Å². The van der Waals surface area contributed by atoms with Crippen LogP contribution in [0.15, 0.2) is 24.5 Å². The van der Waals surface area contributed by atoms with Crippen molar-refractivity contribution in [2.75, 3.05) is 0 Å². The van der Waals surface area contributed by atoms with Gasteiger partial charge in [-0.3, -0.25) is 0 Å². The van der Waals surface area contributed by atoms with Gasteiger partial charge in [0.15, 0.2) is 6.10 Å². The van der Waals surface area contributed by atoms with Crippen LogP contribution in [0.2, 0.25) is 0 Å². The summed E-state index contributed by atoms with van der Waals surface area (Å²) in [4.78, 5) is 6.40. The van der Waals surface area contributed by atoms with Crippen LogP contribution in [0, 0.1) is 0 Å². The number of hydrogen-bond donors (Lipinski definition) is 2. The van der Waals surface area contributed by atoms with E-state index in [0.717, 1.165) is 6.20 Å². The lowest BCUT2D eigenvalue weighted by Gasteiger charge is -2.13. The molecule has 2 aromatic rings. The molecular weight excluding hydrogens is 209 g/mol. The molecule has 0 spiro atoms. The third-order valence-electron chi connectivity index (χ3n) is 2.09. The maximum Gasteiger partial charge on any atom is 0.418 e. The van der Waals surface area contributed by atoms with Crippen molar-refractivity contribution in [3.05, 3.63) is 30.1 Å². The van der Waals surface area contributed by atoms with Gasteiger partial charge in [0.1, 0.15) is 5.65 Å². The molecule has 0 fully saturated rings. The Balaban J connectivity index is 2.53. The monoisotopic (exact) mass is 216 g/mol. The van der Waals surface area contributed by atoms with Crippen molar-refractivity contribution in [3.63, 3.8) is 0 Å². The Hall–Kier alpha value is -1.56. The SMILES string of the molecule is O[C@H](c1c[nH]c2ncccc12)C(F)(F)F. The molecule has 1 atom stereocenters. The van der Waals surface area contributed by atoms with Crippen LogP contribution in [0.3, 0.4) is 0 Å². The Labute approximate surface area is 82.6 Å². The Bertz CT molecular complexity index is 477. The van der Waals surface area contributed by atoms with E-state index >= 15 is 0 Å². The van der Waals surface area contributed by atoms with Crippen LogP contribution in [-0.2, 0) is 0 Å². The Morgan fingerprint density at radius 1 is 1.40 bits per heavy atom. The molecule has 2 aromatic heterocycles. The zero-order chi connectivity index (χ0) is 11.1. The molecule has 0 radical (unpaired) electrons. The van der Waals surface area contributed by atoms with Gasteiger partial charge in [0, 0.05) is 23.3 Å². The van der Waals surface area contributed by atoms with Gasteiger partial charge in [-0.1, -0.05) is 0 Å². The first-order valence-corrected chi connectivity index (χ1v) is 4.17. The maximum atomic E-state index is 12.3. The van der Waals surface area contributed by atoms with E-state index in [4.69, 9.17) is 5.11 Å². The zero-order valence-electron chi connectivity index (χ0n) is 7.42. The number of hydrogen-bond acceptors (Lipinski definition) is 2. The molecule has 6 heteroatoms. The molecule has 0 unspecified atom stereocenters. The quantitative estimate of drug-likeness (QED) is 0.767. The van der Waals surface area contributed by atoms with E-state index in [-0.39, 0.29) is 10.9 Å². The number of aromatic amines is 1. The molecule has 0 saturated heterocycles. The van der Waals surface area contributed by atoms with Crippen molar-refractivity contribution in [1.29, 1.82) is 0 Å². The molecule has 0 saturated carbocycles. The van der Waals surface area contributed by atoms with Gasteiger partial charge in [0.2, 0.25) is 0 Å². The summed E-state index contributed by atoms with van der Waals surface area (Å²) in [5.74, 6) is 0. The van der Waals surface area contributed by atoms with Crippen LogP contribution < -0.4 is 0 Å². The van der Waals surface area contributed by atoms with Gasteiger partial charge < -0.3 is 10.1 Å². The lowest BCUT2D eigenvalue weighted by Crippen LogP contribution is -2.19. The molecule has 2 heterocycles. The van der Waals surface area contributed by atoms with Crippen molar-refractivity contribution >= 4 is 11.0 Å². The van der Waals surface area contributed by atoms with Gasteiger partial charge >= 0.3 is 6.18 Å². The fourth-order valence-corrected chi connectivity index (χ4v) is 1.38. The van der Waals surface area contributed by atoms with Gasteiger partial charge in [-0.05, 0) is 12.1 Å². The minimum atomic E-state index is -4.66. The van der Waals surface area contributed by atoms with Gasteiger partial charge in [-0.2, -0.15) is 13.2 Å². The van der Waals surface area contributed by atoms with Crippen LogP contribution in [0.5, 0.6) is 0 Å². The number of nitrogens with one attached hydrogen (secondary N) is 1. The number of aliphatic hydroxyl groups is 1. The number of fused-ring (bicyclic) bond motifs is 1. The predicted molar refractivity (Wildman–Crippen MR) is 47.1 cm³/mol. The van der Waals surface area contributed by atoms with E-state index in [1.165, 1.54) is 18.3 Å². The molecule has 0 amide bonds. The Kier molecular flexibility index (Phi) is 2.15. The number of aromatic nitrogens is 2. The van der Waals surface area contributed by atoms with Crippen LogP contribution in [0.4, 0.5) is 13.2 Å². The molecule has 2 N–H and O–H groups in total. The molecular formula is C9H7F3N2O. The van der Waals surface area contributed by atoms with Crippen molar-refractivity contribution in [3.8, 4) is 0 Å². The van der Waals surface area contributed by atoms with Crippen molar-refractivity contribution < 1.29 is 18.3 Å². The first-order valence-electron chi connectivity index (χ1n) is 4.17. The summed E-state index contributed by atoms with van der Waals surface area (Å²) >= 11 is 0. The van der Waals surface area contributed by atoms with E-state index in [2.05, 4.69) is 9.97 Å². The Morgan fingerprint density at radius 2 is 2.13 bits per heavy atom. The van der Waals surface area contributed by atoms with E-state index in [9.17, 15) is 13.2 Å². The molecule has 0 aromatic carbocycles. The second-order valence-corrected chi connectivity index (χ2v) is 3.09. The molecule has 15 heavy (non-hydrogen) atoms. The van der Waals surface area contributed by atoms with E-state index in [1.54, 1.807) is 0 Å². The van der Waals surface area contributed by atoms with Gasteiger partial charge in [0.25, 0.3) is 0 Å². The molecule has 0 aliphatic heterocycles. The Morgan fingerprint density at radius 3 is 2.80 bits per heavy atom. The fourth-order valence-electron chi connectivity index (χ4n) is 1.38. The average molecular weight is 216 g/mol. The lowest BCUT2D eigenvalue weighted by atomic mass is 10.1. The van der Waals surface area contributed by atoms with Crippen molar-refractivity contribution in [2.45, 2.75) is 12.3 Å². The number of nitrogens with zero attached hydrogens (tertiary/aromatic N) is 1. The molecule has 0 bridgehead atoms. The lowest BCUT2D eigenvalue weighted by molar-refractivity contribution is -0.206. The summed E-state index contributed by atoms with van der Waals surface area (Å²) in [6, 6.07) is 2.99. The van der Waals surface area contributed by atoms with Crippen LogP contribution >= 0.6 is 0 Å². The number of halogens is 3. The van der Waals surface area contributed by atoms with Crippen molar-refractivity contribution in [2.24, 2.45) is 0 Å². The summed E-state index contributed by atoms with van der Waals surface area (Å²) in [6.45, 7) is 0. The van der Waals surface area contributed by atoms with Crippen LogP contribution in [-0.4, -0.2) is 21.3 Å². The van der Waals surface area contributed by atoms with Gasteiger partial charge in [-0.15, -0.1) is 0 Å². The molecule has 0 aliphatic rings. The number of alkyl halides is 3. The minimum Gasteiger partial charge on any atom is -0.379 e. The summed E-state index contributed by atoms with van der Waals surface area (Å²) in [7, 11) is 0. The van der Waals surface area contributed by atoms with Crippen LogP contribution in [0.1, 0.15) is 11.7 Å².